The fourth-order valence-electron chi connectivity index (χ4n) is 4.34. The average Bonchev–Trinajstić information content (AvgIpc) is 2.96. The van der Waals surface area contributed by atoms with Crippen molar-refractivity contribution in [3.8, 4) is 5.75 Å². The Balaban J connectivity index is 1.55. The van der Waals surface area contributed by atoms with Crippen LogP contribution >= 0.6 is 0 Å². The molecule has 0 atom stereocenters. The number of hydrogen-bond acceptors (Lipinski definition) is 8. The molecule has 4 rings (SSSR count). The van der Waals surface area contributed by atoms with Gasteiger partial charge in [0.2, 0.25) is 17.8 Å². The first-order valence-electron chi connectivity index (χ1n) is 13.3. The van der Waals surface area contributed by atoms with Gasteiger partial charge in [0.15, 0.2) is 0 Å². The van der Waals surface area contributed by atoms with Crippen LogP contribution in [0.4, 0.5) is 47.7 Å². The predicted molar refractivity (Wildman–Crippen MR) is 156 cm³/mol. The van der Waals surface area contributed by atoms with E-state index in [-0.39, 0.29) is 23.5 Å². The second kappa shape index (κ2) is 13.2. The number of carbonyl (C=O) groups is 2. The Morgan fingerprint density at radius 2 is 1.79 bits per heavy atom. The number of aromatic nitrogens is 2. The summed E-state index contributed by atoms with van der Waals surface area (Å²) in [5, 5.41) is 8.33. The molecule has 0 bridgehead atoms. The number of ether oxygens (including phenoxy) is 1. The molecule has 13 heteroatoms. The molecule has 42 heavy (non-hydrogen) atoms. The Morgan fingerprint density at radius 3 is 2.45 bits per heavy atom. The van der Waals surface area contributed by atoms with Crippen LogP contribution < -0.4 is 25.6 Å². The van der Waals surface area contributed by atoms with Crippen LogP contribution in [-0.2, 0) is 15.8 Å². The van der Waals surface area contributed by atoms with Gasteiger partial charge in [-0.3, -0.25) is 9.59 Å². The Morgan fingerprint density at radius 1 is 1.05 bits per heavy atom. The molecule has 1 aliphatic heterocycles. The molecule has 3 aromatic rings. The molecule has 0 aliphatic carbocycles. The third kappa shape index (κ3) is 7.68. The molecule has 1 fully saturated rings. The summed E-state index contributed by atoms with van der Waals surface area (Å²) >= 11 is 0. The standard InChI is InChI=1S/C29H32F3N7O3/c1-4-5-9-26(41)34-20-7-6-8-21(16-20)35-27-23(29(30,31)32)18-33-28(37-27)36-24-11-10-22(17-25(24)42-3)39-14-12-38(13-15-39)19(2)40/h5-11,16-18H,4,12-15H2,1-3H3,(H,34,41)(H2,33,35,36,37)/b9-5+. The zero-order valence-corrected chi connectivity index (χ0v) is 23.5. The monoisotopic (exact) mass is 583 g/mol. The fourth-order valence-corrected chi connectivity index (χ4v) is 4.34. The molecule has 0 spiro atoms. The van der Waals surface area contributed by atoms with Gasteiger partial charge in [-0.15, -0.1) is 0 Å². The maximum atomic E-state index is 13.8. The molecular formula is C29H32F3N7O3. The minimum Gasteiger partial charge on any atom is -0.494 e. The van der Waals surface area contributed by atoms with E-state index in [1.54, 1.807) is 42.2 Å². The number of allylic oxidation sites excluding steroid dienone is 1. The van der Waals surface area contributed by atoms with Gasteiger partial charge in [-0.25, -0.2) is 4.98 Å². The summed E-state index contributed by atoms with van der Waals surface area (Å²) in [7, 11) is 1.49. The number of halogens is 3. The number of anilines is 6. The van der Waals surface area contributed by atoms with E-state index in [4.69, 9.17) is 4.74 Å². The number of carbonyl (C=O) groups excluding carboxylic acids is 2. The highest BCUT2D eigenvalue weighted by molar-refractivity contribution is 5.99. The number of alkyl halides is 3. The van der Waals surface area contributed by atoms with Gasteiger partial charge in [0, 0.05) is 62.4 Å². The lowest BCUT2D eigenvalue weighted by molar-refractivity contribution is -0.137. The predicted octanol–water partition coefficient (Wildman–Crippen LogP) is 5.56. The molecule has 2 aromatic carbocycles. The van der Waals surface area contributed by atoms with Crippen LogP contribution in [0.5, 0.6) is 5.75 Å². The van der Waals surface area contributed by atoms with Crippen molar-refractivity contribution in [1.82, 2.24) is 14.9 Å². The maximum Gasteiger partial charge on any atom is 0.421 e. The van der Waals surface area contributed by atoms with Crippen LogP contribution in [-0.4, -0.2) is 60.0 Å². The van der Waals surface area contributed by atoms with E-state index in [1.165, 1.54) is 19.3 Å². The molecule has 1 saturated heterocycles. The van der Waals surface area contributed by atoms with Crippen LogP contribution in [0.1, 0.15) is 25.8 Å². The number of nitrogens with zero attached hydrogens (tertiary/aromatic N) is 4. The largest absolute Gasteiger partial charge is 0.494 e. The molecule has 0 radical (unpaired) electrons. The van der Waals surface area contributed by atoms with Crippen LogP contribution in [0.15, 0.2) is 60.8 Å². The van der Waals surface area contributed by atoms with E-state index in [0.717, 1.165) is 5.69 Å². The lowest BCUT2D eigenvalue weighted by atomic mass is 10.2. The molecule has 2 heterocycles. The second-order valence-electron chi connectivity index (χ2n) is 9.46. The van der Waals surface area contributed by atoms with Gasteiger partial charge in [-0.2, -0.15) is 18.2 Å². The number of methoxy groups -OCH3 is 1. The number of rotatable bonds is 9. The first-order valence-corrected chi connectivity index (χ1v) is 13.3. The molecule has 10 nitrogen and oxygen atoms in total. The summed E-state index contributed by atoms with van der Waals surface area (Å²) in [5.74, 6) is -0.414. The fraction of sp³-hybridized carbons (Fsp3) is 0.310. The molecule has 3 N–H and O–H groups in total. The summed E-state index contributed by atoms with van der Waals surface area (Å²) < 4.78 is 47.0. The lowest BCUT2D eigenvalue weighted by Crippen LogP contribution is -2.48. The van der Waals surface area contributed by atoms with E-state index < -0.39 is 17.6 Å². The minimum atomic E-state index is -4.72. The SMILES string of the molecule is CC/C=C/C(=O)Nc1cccc(Nc2nc(Nc3ccc(N4CCN(C(C)=O)CC4)cc3OC)ncc2C(F)(F)F)c1. The number of hydrogen-bond donors (Lipinski definition) is 3. The highest BCUT2D eigenvalue weighted by Crippen LogP contribution is 2.37. The molecule has 0 saturated carbocycles. The van der Waals surface area contributed by atoms with Crippen molar-refractivity contribution in [3.63, 3.8) is 0 Å². The Labute approximate surface area is 241 Å². The van der Waals surface area contributed by atoms with Crippen LogP contribution in [0.2, 0.25) is 0 Å². The summed E-state index contributed by atoms with van der Waals surface area (Å²) in [6.45, 7) is 5.98. The van der Waals surface area contributed by atoms with Crippen molar-refractivity contribution >= 4 is 46.3 Å². The summed E-state index contributed by atoms with van der Waals surface area (Å²) in [5.41, 5.74) is 0.974. The Bertz CT molecular complexity index is 1450. The molecule has 2 amide bonds. The smallest absolute Gasteiger partial charge is 0.421 e. The van der Waals surface area contributed by atoms with Gasteiger partial charge in [0.25, 0.3) is 0 Å². The highest BCUT2D eigenvalue weighted by Gasteiger charge is 2.35. The van der Waals surface area contributed by atoms with Crippen LogP contribution in [0, 0.1) is 0 Å². The first-order chi connectivity index (χ1) is 20.1. The van der Waals surface area contributed by atoms with Crippen molar-refractivity contribution in [2.45, 2.75) is 26.4 Å². The van der Waals surface area contributed by atoms with Crippen molar-refractivity contribution in [1.29, 1.82) is 0 Å². The van der Waals surface area contributed by atoms with E-state index in [9.17, 15) is 22.8 Å². The lowest BCUT2D eigenvalue weighted by Gasteiger charge is -2.35. The molecule has 222 valence electrons. The third-order valence-electron chi connectivity index (χ3n) is 6.51. The van der Waals surface area contributed by atoms with E-state index in [0.29, 0.717) is 55.9 Å². The van der Waals surface area contributed by atoms with Crippen LogP contribution in [0.3, 0.4) is 0 Å². The zero-order chi connectivity index (χ0) is 30.3. The molecule has 1 aliphatic rings. The van der Waals surface area contributed by atoms with Crippen molar-refractivity contribution in [2.75, 3.05) is 54.1 Å². The average molecular weight is 584 g/mol. The van der Waals surface area contributed by atoms with Gasteiger partial charge in [0.05, 0.1) is 12.8 Å². The number of amides is 2. The topological polar surface area (TPSA) is 112 Å². The van der Waals surface area contributed by atoms with Gasteiger partial charge in [0.1, 0.15) is 17.1 Å². The van der Waals surface area contributed by atoms with Gasteiger partial charge in [-0.05, 0) is 42.8 Å². The van der Waals surface area contributed by atoms with Crippen molar-refractivity contribution in [3.05, 3.63) is 66.4 Å². The molecule has 0 unspecified atom stereocenters. The number of piperazine rings is 1. The Kier molecular flexibility index (Phi) is 9.50. The minimum absolute atomic E-state index is 0.0384. The second-order valence-corrected chi connectivity index (χ2v) is 9.46. The van der Waals surface area contributed by atoms with Gasteiger partial charge >= 0.3 is 6.18 Å². The maximum absolute atomic E-state index is 13.8. The molecule has 1 aromatic heterocycles. The highest BCUT2D eigenvalue weighted by atomic mass is 19.4. The summed E-state index contributed by atoms with van der Waals surface area (Å²) in [6, 6.07) is 11.7. The summed E-state index contributed by atoms with van der Waals surface area (Å²) in [6.07, 6.45) is -0.242. The van der Waals surface area contributed by atoms with Crippen molar-refractivity contribution in [2.24, 2.45) is 0 Å². The van der Waals surface area contributed by atoms with E-state index in [2.05, 4.69) is 30.8 Å². The van der Waals surface area contributed by atoms with Gasteiger partial charge < -0.3 is 30.5 Å². The number of benzene rings is 2. The quantitative estimate of drug-likeness (QED) is 0.281. The molecular weight excluding hydrogens is 551 g/mol. The normalized spacial score (nSPS) is 13.7. The Hall–Kier alpha value is -4.81. The van der Waals surface area contributed by atoms with Crippen LogP contribution in [0.25, 0.3) is 0 Å². The van der Waals surface area contributed by atoms with E-state index >= 15 is 0 Å². The first kappa shape index (κ1) is 30.2. The number of nitrogens with one attached hydrogen (secondary N) is 3. The summed E-state index contributed by atoms with van der Waals surface area (Å²) in [4.78, 5) is 35.6. The van der Waals surface area contributed by atoms with Gasteiger partial charge in [-0.1, -0.05) is 19.1 Å². The third-order valence-corrected chi connectivity index (χ3v) is 6.51. The zero-order valence-electron chi connectivity index (χ0n) is 23.5. The van der Waals surface area contributed by atoms with Crippen molar-refractivity contribution < 1.29 is 27.5 Å². The van der Waals surface area contributed by atoms with E-state index in [1.807, 2.05) is 19.1 Å².